The predicted octanol–water partition coefficient (Wildman–Crippen LogP) is -0.898. The molecule has 0 aromatic rings. The average Bonchev–Trinajstić information content (AvgIpc) is 2.86. The van der Waals surface area contributed by atoms with Crippen molar-refractivity contribution in [2.45, 2.75) is 42.5 Å². The van der Waals surface area contributed by atoms with Crippen LogP contribution < -0.4 is 24.8 Å². The van der Waals surface area contributed by atoms with Gasteiger partial charge in [0.15, 0.2) is 0 Å². The molecule has 1 fully saturated rings. The number of hydrogen-bond acceptors (Lipinski definition) is 0. The zero-order chi connectivity index (χ0) is 12.2. The molecule has 3 heteroatoms. The van der Waals surface area contributed by atoms with Crippen LogP contribution in [0.25, 0.3) is 0 Å². The van der Waals surface area contributed by atoms with E-state index in [4.69, 9.17) is 0 Å². The van der Waals surface area contributed by atoms with E-state index in [0.717, 1.165) is 5.92 Å². The van der Waals surface area contributed by atoms with Crippen molar-refractivity contribution in [1.29, 1.82) is 0 Å². The van der Waals surface area contributed by atoms with Crippen molar-refractivity contribution >= 4 is 0 Å². The third kappa shape index (κ3) is 2.51. The molecule has 1 aliphatic heterocycles. The Morgan fingerprint density at radius 3 is 2.05 bits per heavy atom. The molecule has 0 saturated carbocycles. The fourth-order valence-electron chi connectivity index (χ4n) is 3.83. The first kappa shape index (κ1) is 17.5. The molecular formula is C16H22Cl2Hf. The summed E-state index contributed by atoms with van der Waals surface area (Å²) in [6.07, 6.45) is 8.39. The van der Waals surface area contributed by atoms with E-state index in [1.807, 2.05) is 6.66 Å². The second-order valence-electron chi connectivity index (χ2n) is 5.97. The van der Waals surface area contributed by atoms with Gasteiger partial charge in [-0.05, 0) is 0 Å². The molecule has 0 amide bonds. The van der Waals surface area contributed by atoms with Gasteiger partial charge in [0.25, 0.3) is 0 Å². The molecule has 1 saturated heterocycles. The fourth-order valence-corrected chi connectivity index (χ4v) is 27.9. The smallest absolute Gasteiger partial charge is 1.00 e. The molecular weight excluding hydrogens is 442 g/mol. The number of halogens is 2. The molecule has 3 aliphatic rings. The molecule has 0 nitrogen and oxygen atoms in total. The van der Waals surface area contributed by atoms with Crippen molar-refractivity contribution in [2.75, 3.05) is 0 Å². The molecule has 0 N–H and O–H groups in total. The van der Waals surface area contributed by atoms with E-state index in [0.29, 0.717) is 0 Å². The van der Waals surface area contributed by atoms with Crippen LogP contribution in [0.15, 0.2) is 41.6 Å². The van der Waals surface area contributed by atoms with E-state index >= 15 is 0 Å². The van der Waals surface area contributed by atoms with E-state index in [1.54, 1.807) is 25.1 Å². The molecule has 0 aromatic carbocycles. The van der Waals surface area contributed by atoms with Crippen molar-refractivity contribution < 1.29 is 44.8 Å². The molecule has 0 aromatic heterocycles. The van der Waals surface area contributed by atoms with Gasteiger partial charge in [-0.15, -0.1) is 0 Å². The summed E-state index contributed by atoms with van der Waals surface area (Å²) in [6.45, 7) is 9.52. The standard InChI is InChI=1S/C9H13.C5H5.C2H4.2ClH.Hf/c1-6-5-7(2)9(4)8(6)3;1-2-4-5-3-1;1-2;;;/h6H,1-4H3;1-3H,4H2;1-2H2;2*1H;/q;;;;;+2/p-2. The third-order valence-electron chi connectivity index (χ3n) is 5.29. The summed E-state index contributed by atoms with van der Waals surface area (Å²) >= 11 is -2.13. The van der Waals surface area contributed by atoms with Crippen LogP contribution in [0.5, 0.6) is 0 Å². The predicted molar refractivity (Wildman–Crippen MR) is 71.7 cm³/mol. The molecule has 0 bridgehead atoms. The largest absolute Gasteiger partial charge is 1.00 e. The van der Waals surface area contributed by atoms with Crippen LogP contribution in [0.2, 0.25) is 8.35 Å². The zero-order valence-corrected chi connectivity index (χ0v) is 17.3. The maximum absolute atomic E-state index is 2.46. The Morgan fingerprint density at radius 1 is 1.05 bits per heavy atom. The molecule has 1 unspecified atom stereocenters. The minimum atomic E-state index is -2.13. The van der Waals surface area contributed by atoms with Gasteiger partial charge in [-0.2, -0.15) is 0 Å². The minimum absolute atomic E-state index is 0. The van der Waals surface area contributed by atoms with Crippen LogP contribution in [0.1, 0.15) is 34.1 Å². The topological polar surface area (TPSA) is 0 Å². The van der Waals surface area contributed by atoms with E-state index in [9.17, 15) is 0 Å². The zero-order valence-electron chi connectivity index (χ0n) is 12.2. The van der Waals surface area contributed by atoms with E-state index in [2.05, 4.69) is 45.9 Å². The maximum Gasteiger partial charge on any atom is -1.00 e. The maximum atomic E-state index is 2.46. The monoisotopic (exact) mass is 464 g/mol. The molecule has 0 spiro atoms. The number of rotatable bonds is 2. The number of hydrogen-bond donors (Lipinski definition) is 0. The van der Waals surface area contributed by atoms with Gasteiger partial charge in [-0.25, -0.2) is 0 Å². The molecule has 104 valence electrons. The molecule has 1 heterocycles. The summed E-state index contributed by atoms with van der Waals surface area (Å²) in [4.78, 5) is 0. The molecule has 3 rings (SSSR count). The SMILES string of the molecule is CC1=C(C)C(C)[C]([Hf+2]2([C]3=CC=CC3)[CH2][CH2]2)=C1C.[Cl-].[Cl-]. The normalized spacial score (nSPS) is 25.5. The Morgan fingerprint density at radius 2 is 1.68 bits per heavy atom. The van der Waals surface area contributed by atoms with Gasteiger partial charge in [-0.3, -0.25) is 0 Å². The molecule has 0 radical (unpaired) electrons. The minimum Gasteiger partial charge on any atom is -1.00 e. The van der Waals surface area contributed by atoms with Crippen molar-refractivity contribution in [3.8, 4) is 0 Å². The Hall–Kier alpha value is 0.410. The van der Waals surface area contributed by atoms with Crippen LogP contribution >= 0.6 is 0 Å². The molecule has 1 atom stereocenters. The summed E-state index contributed by atoms with van der Waals surface area (Å²) in [5.74, 6) is 0.765. The first-order valence-electron chi connectivity index (χ1n) is 6.83. The van der Waals surface area contributed by atoms with Gasteiger partial charge in [0, 0.05) is 0 Å². The van der Waals surface area contributed by atoms with Crippen molar-refractivity contribution in [2.24, 2.45) is 5.92 Å². The van der Waals surface area contributed by atoms with Crippen molar-refractivity contribution in [1.82, 2.24) is 0 Å². The average molecular weight is 464 g/mol. The summed E-state index contributed by atoms with van der Waals surface area (Å²) < 4.78 is 7.04. The van der Waals surface area contributed by atoms with Crippen LogP contribution in [0.3, 0.4) is 0 Å². The van der Waals surface area contributed by atoms with Crippen LogP contribution in [0.4, 0.5) is 0 Å². The third-order valence-corrected chi connectivity index (χ3v) is 23.0. The van der Waals surface area contributed by atoms with Gasteiger partial charge < -0.3 is 24.8 Å². The first-order chi connectivity index (χ1) is 8.08. The van der Waals surface area contributed by atoms with Gasteiger partial charge >= 0.3 is 110 Å². The van der Waals surface area contributed by atoms with Crippen LogP contribution in [0, 0.1) is 5.92 Å². The quantitative estimate of drug-likeness (QED) is 0.466. The Labute approximate surface area is 134 Å². The Kier molecular flexibility index (Phi) is 5.55. The van der Waals surface area contributed by atoms with E-state index in [1.165, 1.54) is 6.42 Å². The second-order valence-corrected chi connectivity index (χ2v) is 21.6. The number of allylic oxidation sites excluding steroid dienone is 8. The van der Waals surface area contributed by atoms with E-state index in [-0.39, 0.29) is 24.8 Å². The van der Waals surface area contributed by atoms with Gasteiger partial charge in [0.2, 0.25) is 0 Å². The van der Waals surface area contributed by atoms with Crippen LogP contribution in [-0.2, 0) is 20.0 Å². The Bertz CT molecular complexity index is 505. The fraction of sp³-hybridized carbons (Fsp3) is 0.500. The van der Waals surface area contributed by atoms with Crippen molar-refractivity contribution in [3.63, 3.8) is 0 Å². The van der Waals surface area contributed by atoms with Crippen LogP contribution in [-0.4, -0.2) is 0 Å². The Balaban J connectivity index is 0.000000902. The van der Waals surface area contributed by atoms with Gasteiger partial charge in [0.1, 0.15) is 0 Å². The van der Waals surface area contributed by atoms with Gasteiger partial charge in [-0.1, -0.05) is 0 Å². The summed E-state index contributed by atoms with van der Waals surface area (Å²) in [6, 6.07) is 0. The summed E-state index contributed by atoms with van der Waals surface area (Å²) in [5, 5.41) is 0. The summed E-state index contributed by atoms with van der Waals surface area (Å²) in [7, 11) is 0. The van der Waals surface area contributed by atoms with Gasteiger partial charge in [0.05, 0.1) is 0 Å². The van der Waals surface area contributed by atoms with Crippen molar-refractivity contribution in [3.05, 3.63) is 41.6 Å². The first-order valence-corrected chi connectivity index (χ1v) is 15.5. The molecule has 19 heavy (non-hydrogen) atoms. The van der Waals surface area contributed by atoms with E-state index < -0.39 is 20.0 Å². The second kappa shape index (κ2) is 6.03. The molecule has 2 aliphatic carbocycles. The summed E-state index contributed by atoms with van der Waals surface area (Å²) in [5.41, 5.74) is 4.93.